The van der Waals surface area contributed by atoms with Gasteiger partial charge in [0.05, 0.1) is 30.8 Å². The van der Waals surface area contributed by atoms with Gasteiger partial charge in [0.1, 0.15) is 18.1 Å². The van der Waals surface area contributed by atoms with E-state index >= 15 is 0 Å². The Morgan fingerprint density at radius 2 is 2.04 bits per heavy atom. The molecule has 1 unspecified atom stereocenters. The number of nitrogens with zero attached hydrogens (tertiary/aromatic N) is 2. The number of rotatable bonds is 6. The minimum absolute atomic E-state index is 0.0762. The van der Waals surface area contributed by atoms with Crippen LogP contribution in [0.2, 0.25) is 0 Å². The van der Waals surface area contributed by atoms with Crippen molar-refractivity contribution in [2.24, 2.45) is 0 Å². The number of hydrogen-bond acceptors (Lipinski definition) is 6. The van der Waals surface area contributed by atoms with E-state index in [0.717, 1.165) is 22.6 Å². The summed E-state index contributed by atoms with van der Waals surface area (Å²) < 4.78 is 16.0. The number of aromatic nitrogens is 1. The lowest BCUT2D eigenvalue weighted by Crippen LogP contribution is -2.49. The highest BCUT2D eigenvalue weighted by molar-refractivity contribution is 5.80. The second-order valence-electron chi connectivity index (χ2n) is 6.45. The quantitative estimate of drug-likeness (QED) is 0.821. The van der Waals surface area contributed by atoms with Gasteiger partial charge in [-0.05, 0) is 31.5 Å². The van der Waals surface area contributed by atoms with Crippen molar-refractivity contribution >= 4 is 11.9 Å². The van der Waals surface area contributed by atoms with Gasteiger partial charge < -0.3 is 24.0 Å². The molecule has 1 atom stereocenters. The summed E-state index contributed by atoms with van der Waals surface area (Å²) in [4.78, 5) is 25.0. The highest BCUT2D eigenvalue weighted by Crippen LogP contribution is 2.18. The number of carboxylic acids is 1. The molecule has 144 valence electrons. The highest BCUT2D eigenvalue weighted by atomic mass is 16.5. The number of carbonyl (C=O) groups is 2. The van der Waals surface area contributed by atoms with Crippen LogP contribution in [0, 0.1) is 13.8 Å². The fourth-order valence-electron chi connectivity index (χ4n) is 2.88. The molecule has 1 fully saturated rings. The van der Waals surface area contributed by atoms with Crippen LogP contribution in [-0.4, -0.2) is 52.8 Å². The molecule has 1 amide bonds. The molecule has 2 heterocycles. The van der Waals surface area contributed by atoms with E-state index in [4.69, 9.17) is 19.1 Å². The molecular weight excluding hydrogens is 352 g/mol. The maximum Gasteiger partial charge on any atom is 0.334 e. The topological polar surface area (TPSA) is 102 Å². The van der Waals surface area contributed by atoms with Crippen LogP contribution in [0.3, 0.4) is 0 Å². The zero-order valence-corrected chi connectivity index (χ0v) is 15.3. The lowest BCUT2D eigenvalue weighted by Gasteiger charge is -2.31. The van der Waals surface area contributed by atoms with Crippen molar-refractivity contribution in [2.45, 2.75) is 33.0 Å². The lowest BCUT2D eigenvalue weighted by molar-refractivity contribution is -0.159. The van der Waals surface area contributed by atoms with E-state index in [1.165, 1.54) is 4.90 Å². The summed E-state index contributed by atoms with van der Waals surface area (Å²) in [5.41, 5.74) is 2.57. The highest BCUT2D eigenvalue weighted by Gasteiger charge is 2.28. The van der Waals surface area contributed by atoms with Crippen LogP contribution in [-0.2, 0) is 27.4 Å². The number of carboxylic acid groups (broad SMARTS) is 1. The smallest absolute Gasteiger partial charge is 0.334 e. The van der Waals surface area contributed by atoms with Gasteiger partial charge in [0.15, 0.2) is 6.10 Å². The van der Waals surface area contributed by atoms with E-state index in [2.05, 4.69) is 5.16 Å². The molecule has 8 nitrogen and oxygen atoms in total. The molecule has 1 N–H and O–H groups in total. The molecule has 27 heavy (non-hydrogen) atoms. The number of amides is 1. The molecule has 0 aliphatic carbocycles. The number of aryl methyl sites for hydroxylation is 2. The third-order valence-corrected chi connectivity index (χ3v) is 4.54. The largest absolute Gasteiger partial charge is 0.489 e. The van der Waals surface area contributed by atoms with E-state index in [-0.39, 0.29) is 25.5 Å². The van der Waals surface area contributed by atoms with Crippen LogP contribution in [0.25, 0.3) is 0 Å². The summed E-state index contributed by atoms with van der Waals surface area (Å²) in [6, 6.07) is 7.27. The molecule has 8 heteroatoms. The van der Waals surface area contributed by atoms with Gasteiger partial charge in [-0.3, -0.25) is 4.79 Å². The molecule has 0 saturated carbocycles. The summed E-state index contributed by atoms with van der Waals surface area (Å²) >= 11 is 0. The average Bonchev–Trinajstić information content (AvgIpc) is 2.99. The van der Waals surface area contributed by atoms with E-state index in [9.17, 15) is 9.59 Å². The van der Waals surface area contributed by atoms with Gasteiger partial charge in [-0.1, -0.05) is 17.3 Å². The Morgan fingerprint density at radius 3 is 2.67 bits per heavy atom. The first-order valence-corrected chi connectivity index (χ1v) is 8.69. The summed E-state index contributed by atoms with van der Waals surface area (Å²) in [5, 5.41) is 12.9. The number of carbonyl (C=O) groups excluding carboxylic acids is 1. The van der Waals surface area contributed by atoms with E-state index in [1.54, 1.807) is 12.1 Å². The zero-order valence-electron chi connectivity index (χ0n) is 15.3. The first-order chi connectivity index (χ1) is 12.9. The maximum absolute atomic E-state index is 12.4. The molecule has 2 aromatic rings. The fourth-order valence-corrected chi connectivity index (χ4v) is 2.88. The van der Waals surface area contributed by atoms with Crippen molar-refractivity contribution in [1.29, 1.82) is 0 Å². The Labute approximate surface area is 156 Å². The van der Waals surface area contributed by atoms with Gasteiger partial charge in [-0.2, -0.15) is 0 Å². The first-order valence-electron chi connectivity index (χ1n) is 8.69. The third-order valence-electron chi connectivity index (χ3n) is 4.54. The van der Waals surface area contributed by atoms with E-state index < -0.39 is 12.1 Å². The van der Waals surface area contributed by atoms with Gasteiger partial charge >= 0.3 is 5.97 Å². The Balaban J connectivity index is 1.54. The van der Waals surface area contributed by atoms with Crippen LogP contribution in [0.5, 0.6) is 5.75 Å². The van der Waals surface area contributed by atoms with E-state index in [1.807, 2.05) is 26.0 Å². The van der Waals surface area contributed by atoms with Crippen molar-refractivity contribution < 1.29 is 28.7 Å². The summed E-state index contributed by atoms with van der Waals surface area (Å²) in [6.45, 7) is 4.79. The molecule has 1 aromatic heterocycles. The first kappa shape index (κ1) is 18.9. The van der Waals surface area contributed by atoms with Crippen molar-refractivity contribution in [1.82, 2.24) is 10.1 Å². The SMILES string of the molecule is Cc1noc(C)c1COc1ccc(CC(=O)N2CCOC(C(=O)O)C2)cc1. The van der Waals surface area contributed by atoms with Gasteiger partial charge in [0.2, 0.25) is 5.91 Å². The van der Waals surface area contributed by atoms with Crippen molar-refractivity contribution in [3.8, 4) is 5.75 Å². The van der Waals surface area contributed by atoms with Gasteiger partial charge in [-0.25, -0.2) is 4.79 Å². The van der Waals surface area contributed by atoms with Crippen LogP contribution in [0.4, 0.5) is 0 Å². The molecule has 3 rings (SSSR count). The summed E-state index contributed by atoms with van der Waals surface area (Å²) in [5.74, 6) is 0.254. The lowest BCUT2D eigenvalue weighted by atomic mass is 10.1. The predicted octanol–water partition coefficient (Wildman–Crippen LogP) is 1.72. The van der Waals surface area contributed by atoms with Crippen molar-refractivity contribution in [3.05, 3.63) is 46.8 Å². The number of benzene rings is 1. The third kappa shape index (κ3) is 4.65. The molecule has 0 radical (unpaired) electrons. The van der Waals surface area contributed by atoms with Crippen LogP contribution >= 0.6 is 0 Å². The molecular formula is C19H22N2O6. The van der Waals surface area contributed by atoms with Gasteiger partial charge in [0, 0.05) is 6.54 Å². The Morgan fingerprint density at radius 1 is 1.30 bits per heavy atom. The molecule has 1 aliphatic rings. The summed E-state index contributed by atoms with van der Waals surface area (Å²) in [6.07, 6.45) is -0.751. The number of hydrogen-bond donors (Lipinski definition) is 1. The second kappa shape index (κ2) is 8.22. The molecule has 1 saturated heterocycles. The standard InChI is InChI=1S/C19H22N2O6/c1-12-16(13(2)27-20-12)11-26-15-5-3-14(4-6-15)9-18(22)21-7-8-25-17(10-21)19(23)24/h3-6,17H,7-11H2,1-2H3,(H,23,24). The monoisotopic (exact) mass is 374 g/mol. The fraction of sp³-hybridized carbons (Fsp3) is 0.421. The molecule has 1 aromatic carbocycles. The zero-order chi connectivity index (χ0) is 19.4. The maximum atomic E-state index is 12.4. The molecule has 0 spiro atoms. The van der Waals surface area contributed by atoms with Gasteiger partial charge in [-0.15, -0.1) is 0 Å². The predicted molar refractivity (Wildman–Crippen MR) is 94.4 cm³/mol. The minimum atomic E-state index is -1.05. The van der Waals surface area contributed by atoms with E-state index in [0.29, 0.717) is 18.9 Å². The Hall–Kier alpha value is -2.87. The Kier molecular flexibility index (Phi) is 5.75. The average molecular weight is 374 g/mol. The second-order valence-corrected chi connectivity index (χ2v) is 6.45. The van der Waals surface area contributed by atoms with Crippen LogP contribution < -0.4 is 4.74 Å². The summed E-state index contributed by atoms with van der Waals surface area (Å²) in [7, 11) is 0. The number of morpholine rings is 1. The minimum Gasteiger partial charge on any atom is -0.489 e. The van der Waals surface area contributed by atoms with Crippen LogP contribution in [0.15, 0.2) is 28.8 Å². The van der Waals surface area contributed by atoms with Crippen molar-refractivity contribution in [2.75, 3.05) is 19.7 Å². The molecule has 0 bridgehead atoms. The molecule has 1 aliphatic heterocycles. The van der Waals surface area contributed by atoms with Crippen LogP contribution in [0.1, 0.15) is 22.6 Å². The van der Waals surface area contributed by atoms with Gasteiger partial charge in [0.25, 0.3) is 0 Å². The van der Waals surface area contributed by atoms with Crippen molar-refractivity contribution in [3.63, 3.8) is 0 Å². The number of ether oxygens (including phenoxy) is 2. The normalized spacial score (nSPS) is 17.0. The number of aliphatic carboxylic acids is 1. The Bertz CT molecular complexity index is 795.